The second-order valence-corrected chi connectivity index (χ2v) is 5.90. The molecule has 0 aliphatic heterocycles. The van der Waals surface area contributed by atoms with E-state index in [0.29, 0.717) is 0 Å². The normalized spacial score (nSPS) is 10.9. The summed E-state index contributed by atoms with van der Waals surface area (Å²) in [5.41, 5.74) is 2.10. The predicted octanol–water partition coefficient (Wildman–Crippen LogP) is 2.96. The number of esters is 1. The third-order valence-electron chi connectivity index (χ3n) is 3.57. The zero-order valence-electron chi connectivity index (χ0n) is 13.6. The molecule has 2 aromatic rings. The molecule has 120 valence electrons. The number of methoxy groups -OCH3 is 1. The van der Waals surface area contributed by atoms with Crippen LogP contribution in [0.5, 0.6) is 0 Å². The SMILES string of the molecule is COC(=O)C(C)(C)NC(=O)Cc1ccc(-c2ccccc2)cc1. The van der Waals surface area contributed by atoms with Crippen molar-refractivity contribution in [3.05, 3.63) is 60.2 Å². The van der Waals surface area contributed by atoms with E-state index in [2.05, 4.69) is 10.1 Å². The second-order valence-electron chi connectivity index (χ2n) is 5.90. The average molecular weight is 311 g/mol. The molecule has 4 heteroatoms. The van der Waals surface area contributed by atoms with Crippen molar-refractivity contribution in [2.24, 2.45) is 0 Å². The molecule has 23 heavy (non-hydrogen) atoms. The third kappa shape index (κ3) is 4.42. The van der Waals surface area contributed by atoms with Gasteiger partial charge in [-0.05, 0) is 30.5 Å². The standard InChI is InChI=1S/C19H21NO3/c1-19(2,18(22)23-3)20-17(21)13-14-9-11-16(12-10-14)15-7-5-4-6-8-15/h4-12H,13H2,1-3H3,(H,20,21). The van der Waals surface area contributed by atoms with Gasteiger partial charge in [-0.3, -0.25) is 4.79 Å². The van der Waals surface area contributed by atoms with Crippen LogP contribution in [0.25, 0.3) is 11.1 Å². The fraction of sp³-hybridized carbons (Fsp3) is 0.263. The van der Waals surface area contributed by atoms with Gasteiger partial charge in [0.2, 0.25) is 5.91 Å². The number of hydrogen-bond donors (Lipinski definition) is 1. The van der Waals surface area contributed by atoms with E-state index in [0.717, 1.165) is 16.7 Å². The van der Waals surface area contributed by atoms with Gasteiger partial charge in [-0.25, -0.2) is 4.79 Å². The number of nitrogens with one attached hydrogen (secondary N) is 1. The van der Waals surface area contributed by atoms with Crippen molar-refractivity contribution in [1.29, 1.82) is 0 Å². The van der Waals surface area contributed by atoms with Gasteiger partial charge >= 0.3 is 5.97 Å². The Labute approximate surface area is 136 Å². The van der Waals surface area contributed by atoms with Gasteiger partial charge in [-0.1, -0.05) is 54.6 Å². The van der Waals surface area contributed by atoms with Crippen molar-refractivity contribution in [2.45, 2.75) is 25.8 Å². The summed E-state index contributed by atoms with van der Waals surface area (Å²) in [6.07, 6.45) is 0.218. The molecular formula is C19H21NO3. The minimum Gasteiger partial charge on any atom is -0.467 e. The second kappa shape index (κ2) is 7.09. The van der Waals surface area contributed by atoms with E-state index < -0.39 is 11.5 Å². The smallest absolute Gasteiger partial charge is 0.330 e. The molecule has 0 unspecified atom stereocenters. The Morgan fingerprint density at radius 3 is 2.09 bits per heavy atom. The zero-order chi connectivity index (χ0) is 16.9. The number of benzene rings is 2. The monoisotopic (exact) mass is 311 g/mol. The van der Waals surface area contributed by atoms with Crippen LogP contribution in [-0.2, 0) is 20.7 Å². The molecule has 1 N–H and O–H groups in total. The Kier molecular flexibility index (Phi) is 5.16. The molecule has 4 nitrogen and oxygen atoms in total. The molecule has 0 radical (unpaired) electrons. The van der Waals surface area contributed by atoms with Gasteiger partial charge in [-0.15, -0.1) is 0 Å². The highest BCUT2D eigenvalue weighted by atomic mass is 16.5. The summed E-state index contributed by atoms with van der Waals surface area (Å²) in [6.45, 7) is 3.24. The Hall–Kier alpha value is -2.62. The summed E-state index contributed by atoms with van der Waals surface area (Å²) in [4.78, 5) is 23.7. The van der Waals surface area contributed by atoms with Crippen LogP contribution in [0.15, 0.2) is 54.6 Å². The topological polar surface area (TPSA) is 55.4 Å². The number of carbonyl (C=O) groups is 2. The number of amides is 1. The fourth-order valence-corrected chi connectivity index (χ4v) is 2.33. The maximum Gasteiger partial charge on any atom is 0.330 e. The number of hydrogen-bond acceptors (Lipinski definition) is 3. The van der Waals surface area contributed by atoms with Crippen LogP contribution in [0.4, 0.5) is 0 Å². The highest BCUT2D eigenvalue weighted by Gasteiger charge is 2.30. The molecule has 0 saturated carbocycles. The first-order valence-corrected chi connectivity index (χ1v) is 7.46. The lowest BCUT2D eigenvalue weighted by Gasteiger charge is -2.23. The van der Waals surface area contributed by atoms with Gasteiger partial charge in [0, 0.05) is 0 Å². The number of ether oxygens (including phenoxy) is 1. The lowest BCUT2D eigenvalue weighted by atomic mass is 10.0. The van der Waals surface area contributed by atoms with Gasteiger partial charge < -0.3 is 10.1 Å². The van der Waals surface area contributed by atoms with Crippen molar-refractivity contribution < 1.29 is 14.3 Å². The molecule has 0 atom stereocenters. The third-order valence-corrected chi connectivity index (χ3v) is 3.57. The van der Waals surface area contributed by atoms with Crippen LogP contribution in [0, 0.1) is 0 Å². The van der Waals surface area contributed by atoms with E-state index in [9.17, 15) is 9.59 Å². The van der Waals surface area contributed by atoms with Crippen LogP contribution in [-0.4, -0.2) is 24.5 Å². The van der Waals surface area contributed by atoms with E-state index in [1.165, 1.54) is 7.11 Å². The van der Waals surface area contributed by atoms with Crippen molar-refractivity contribution >= 4 is 11.9 Å². The van der Waals surface area contributed by atoms with Gasteiger partial charge in [0.15, 0.2) is 0 Å². The highest BCUT2D eigenvalue weighted by Crippen LogP contribution is 2.19. The Morgan fingerprint density at radius 1 is 0.957 bits per heavy atom. The quantitative estimate of drug-likeness (QED) is 0.864. The van der Waals surface area contributed by atoms with Crippen LogP contribution < -0.4 is 5.32 Å². The average Bonchev–Trinajstić information content (AvgIpc) is 2.55. The largest absolute Gasteiger partial charge is 0.467 e. The summed E-state index contributed by atoms with van der Waals surface area (Å²) >= 11 is 0. The molecule has 0 fully saturated rings. The summed E-state index contributed by atoms with van der Waals surface area (Å²) in [5, 5.41) is 2.69. The van der Waals surface area contributed by atoms with E-state index >= 15 is 0 Å². The van der Waals surface area contributed by atoms with Crippen LogP contribution in [0.2, 0.25) is 0 Å². The Morgan fingerprint density at radius 2 is 1.52 bits per heavy atom. The summed E-state index contributed by atoms with van der Waals surface area (Å²) in [7, 11) is 1.30. The lowest BCUT2D eigenvalue weighted by Crippen LogP contribution is -2.50. The maximum atomic E-state index is 12.1. The highest BCUT2D eigenvalue weighted by molar-refractivity contribution is 5.88. The number of carbonyl (C=O) groups excluding carboxylic acids is 2. The van der Waals surface area contributed by atoms with Crippen LogP contribution >= 0.6 is 0 Å². The Balaban J connectivity index is 2.01. The molecule has 1 amide bonds. The minimum absolute atomic E-state index is 0.215. The molecule has 0 aliphatic rings. The van der Waals surface area contributed by atoms with E-state index in [4.69, 9.17) is 0 Å². The molecule has 2 rings (SSSR count). The summed E-state index contributed by atoms with van der Waals surface area (Å²) in [5.74, 6) is -0.682. The van der Waals surface area contributed by atoms with Crippen molar-refractivity contribution in [2.75, 3.05) is 7.11 Å². The zero-order valence-corrected chi connectivity index (χ0v) is 13.6. The van der Waals surface area contributed by atoms with E-state index in [-0.39, 0.29) is 12.3 Å². The molecule has 0 bridgehead atoms. The predicted molar refractivity (Wildman–Crippen MR) is 89.8 cm³/mol. The fourth-order valence-electron chi connectivity index (χ4n) is 2.33. The molecular weight excluding hydrogens is 290 g/mol. The van der Waals surface area contributed by atoms with Crippen LogP contribution in [0.1, 0.15) is 19.4 Å². The van der Waals surface area contributed by atoms with Gasteiger partial charge in [0.1, 0.15) is 5.54 Å². The molecule has 0 aliphatic carbocycles. The van der Waals surface area contributed by atoms with Gasteiger partial charge in [0.05, 0.1) is 13.5 Å². The van der Waals surface area contributed by atoms with E-state index in [1.807, 2.05) is 54.6 Å². The summed E-state index contributed by atoms with van der Waals surface area (Å²) in [6, 6.07) is 17.9. The molecule has 0 spiro atoms. The maximum absolute atomic E-state index is 12.1. The minimum atomic E-state index is -1.03. The van der Waals surface area contributed by atoms with Gasteiger partial charge in [-0.2, -0.15) is 0 Å². The van der Waals surface area contributed by atoms with Crippen molar-refractivity contribution in [3.8, 4) is 11.1 Å². The lowest BCUT2D eigenvalue weighted by molar-refractivity contribution is -0.149. The summed E-state index contributed by atoms with van der Waals surface area (Å²) < 4.78 is 4.68. The van der Waals surface area contributed by atoms with Crippen molar-refractivity contribution in [1.82, 2.24) is 5.32 Å². The van der Waals surface area contributed by atoms with E-state index in [1.54, 1.807) is 13.8 Å². The van der Waals surface area contributed by atoms with Gasteiger partial charge in [0.25, 0.3) is 0 Å². The van der Waals surface area contributed by atoms with Crippen LogP contribution in [0.3, 0.4) is 0 Å². The first-order valence-electron chi connectivity index (χ1n) is 7.46. The molecule has 0 saturated heterocycles. The number of rotatable bonds is 5. The first-order chi connectivity index (χ1) is 10.9. The molecule has 2 aromatic carbocycles. The Bertz CT molecular complexity index is 676. The first kappa shape index (κ1) is 16.7. The van der Waals surface area contributed by atoms with Crippen molar-refractivity contribution in [3.63, 3.8) is 0 Å². The molecule has 0 heterocycles. The molecule has 0 aromatic heterocycles.